The molecule has 4 nitrogen and oxygen atoms in total. The molecular formula is C12H12ClN3O. The average molecular weight is 250 g/mol. The minimum Gasteiger partial charge on any atom is -0.437 e. The molecule has 1 aromatic carbocycles. The van der Waals surface area contributed by atoms with Crippen LogP contribution in [-0.2, 0) is 6.54 Å². The predicted octanol–water partition coefficient (Wildman–Crippen LogP) is 2.69. The summed E-state index contributed by atoms with van der Waals surface area (Å²) in [5, 5.41) is 0.518. The lowest BCUT2D eigenvalue weighted by molar-refractivity contribution is 0.460. The Labute approximate surface area is 104 Å². The van der Waals surface area contributed by atoms with Gasteiger partial charge in [0.2, 0.25) is 5.88 Å². The van der Waals surface area contributed by atoms with Crippen LogP contribution in [0.25, 0.3) is 0 Å². The molecule has 1 aromatic heterocycles. The van der Waals surface area contributed by atoms with Crippen molar-refractivity contribution in [3.63, 3.8) is 0 Å². The van der Waals surface area contributed by atoms with E-state index >= 15 is 0 Å². The maximum atomic E-state index is 6.07. The molecule has 0 atom stereocenters. The summed E-state index contributed by atoms with van der Waals surface area (Å²) >= 11 is 6.07. The smallest absolute Gasteiger partial charge is 0.222 e. The van der Waals surface area contributed by atoms with Crippen molar-refractivity contribution in [3.8, 4) is 11.6 Å². The number of aryl methyl sites for hydroxylation is 1. The predicted molar refractivity (Wildman–Crippen MR) is 66.2 cm³/mol. The molecule has 0 saturated heterocycles. The van der Waals surface area contributed by atoms with Gasteiger partial charge in [0.05, 0.1) is 5.02 Å². The Morgan fingerprint density at radius 1 is 1.35 bits per heavy atom. The summed E-state index contributed by atoms with van der Waals surface area (Å²) in [6.45, 7) is 2.25. The van der Waals surface area contributed by atoms with Crippen molar-refractivity contribution < 1.29 is 4.74 Å². The van der Waals surface area contributed by atoms with Crippen LogP contribution in [0.15, 0.2) is 30.5 Å². The Hall–Kier alpha value is -1.65. The number of nitrogens with zero attached hydrogens (tertiary/aromatic N) is 2. The van der Waals surface area contributed by atoms with E-state index in [0.29, 0.717) is 29.0 Å². The Morgan fingerprint density at radius 3 is 2.82 bits per heavy atom. The molecule has 0 fully saturated rings. The fourth-order valence-corrected chi connectivity index (χ4v) is 1.60. The van der Waals surface area contributed by atoms with Crippen molar-refractivity contribution in [3.05, 3.63) is 46.9 Å². The van der Waals surface area contributed by atoms with Gasteiger partial charge in [-0.3, -0.25) is 0 Å². The summed E-state index contributed by atoms with van der Waals surface area (Å²) in [6.07, 6.45) is 1.64. The van der Waals surface area contributed by atoms with E-state index in [1.54, 1.807) is 31.3 Å². The lowest BCUT2D eigenvalue weighted by Gasteiger charge is -2.07. The molecule has 2 aromatic rings. The summed E-state index contributed by atoms with van der Waals surface area (Å²) in [4.78, 5) is 8.13. The molecule has 88 valence electrons. The van der Waals surface area contributed by atoms with Crippen molar-refractivity contribution in [2.24, 2.45) is 5.73 Å². The number of rotatable bonds is 3. The van der Waals surface area contributed by atoms with E-state index in [1.165, 1.54) is 0 Å². The first-order chi connectivity index (χ1) is 8.19. The molecule has 0 spiro atoms. The van der Waals surface area contributed by atoms with Gasteiger partial charge in [-0.25, -0.2) is 4.98 Å². The quantitative estimate of drug-likeness (QED) is 0.909. The lowest BCUT2D eigenvalue weighted by atomic mass is 10.2. The summed E-state index contributed by atoms with van der Waals surface area (Å²) in [6, 6.07) is 7.11. The molecule has 0 aliphatic rings. The monoisotopic (exact) mass is 249 g/mol. The van der Waals surface area contributed by atoms with Crippen molar-refractivity contribution in [2.45, 2.75) is 13.5 Å². The van der Waals surface area contributed by atoms with Crippen molar-refractivity contribution in [2.75, 3.05) is 0 Å². The molecule has 0 aliphatic heterocycles. The zero-order chi connectivity index (χ0) is 12.3. The molecule has 0 saturated carbocycles. The van der Waals surface area contributed by atoms with E-state index in [-0.39, 0.29) is 0 Å². The molecule has 5 heteroatoms. The lowest BCUT2D eigenvalue weighted by Crippen LogP contribution is -1.97. The highest BCUT2D eigenvalue weighted by molar-refractivity contribution is 6.32. The van der Waals surface area contributed by atoms with Gasteiger partial charge < -0.3 is 10.5 Å². The van der Waals surface area contributed by atoms with E-state index in [0.717, 1.165) is 5.56 Å². The van der Waals surface area contributed by atoms with Gasteiger partial charge >= 0.3 is 0 Å². The third-order valence-electron chi connectivity index (χ3n) is 2.20. The van der Waals surface area contributed by atoms with Crippen LogP contribution in [0.1, 0.15) is 11.4 Å². The third-order valence-corrected chi connectivity index (χ3v) is 2.49. The van der Waals surface area contributed by atoms with E-state index < -0.39 is 0 Å². The van der Waals surface area contributed by atoms with E-state index in [2.05, 4.69) is 9.97 Å². The van der Waals surface area contributed by atoms with Crippen LogP contribution in [0.3, 0.4) is 0 Å². The highest BCUT2D eigenvalue weighted by Crippen LogP contribution is 2.28. The van der Waals surface area contributed by atoms with Crippen LogP contribution in [0.2, 0.25) is 5.02 Å². The number of hydrogen-bond acceptors (Lipinski definition) is 4. The summed E-state index contributed by atoms with van der Waals surface area (Å²) in [5.74, 6) is 1.68. The summed E-state index contributed by atoms with van der Waals surface area (Å²) < 4.78 is 5.57. The van der Waals surface area contributed by atoms with Crippen LogP contribution in [0, 0.1) is 6.92 Å². The van der Waals surface area contributed by atoms with E-state index in [9.17, 15) is 0 Å². The minimum atomic E-state index is 0.451. The SMILES string of the molecule is Cc1nccc(Oc2ccc(CN)cc2Cl)n1. The zero-order valence-corrected chi connectivity index (χ0v) is 10.1. The van der Waals surface area contributed by atoms with Gasteiger partial charge in [0.15, 0.2) is 0 Å². The maximum absolute atomic E-state index is 6.07. The number of benzene rings is 1. The standard InChI is InChI=1S/C12H12ClN3O/c1-8-15-5-4-12(16-8)17-11-3-2-9(7-14)6-10(11)13/h2-6H,7,14H2,1H3. The molecule has 2 rings (SSSR count). The van der Waals surface area contributed by atoms with Crippen molar-refractivity contribution >= 4 is 11.6 Å². The second kappa shape index (κ2) is 5.12. The van der Waals surface area contributed by atoms with Crippen LogP contribution in [0.5, 0.6) is 11.6 Å². The molecule has 0 aliphatic carbocycles. The number of aromatic nitrogens is 2. The molecule has 1 heterocycles. The summed E-state index contributed by atoms with van der Waals surface area (Å²) in [7, 11) is 0. The van der Waals surface area contributed by atoms with Crippen LogP contribution >= 0.6 is 11.6 Å². The topological polar surface area (TPSA) is 61.0 Å². The van der Waals surface area contributed by atoms with Gasteiger partial charge in [-0.1, -0.05) is 17.7 Å². The highest BCUT2D eigenvalue weighted by atomic mass is 35.5. The Bertz CT molecular complexity index is 531. The first kappa shape index (κ1) is 11.8. The van der Waals surface area contributed by atoms with Crippen LogP contribution in [-0.4, -0.2) is 9.97 Å². The molecule has 0 radical (unpaired) electrons. The third kappa shape index (κ3) is 2.93. The Morgan fingerprint density at radius 2 is 2.18 bits per heavy atom. The highest BCUT2D eigenvalue weighted by Gasteiger charge is 2.05. The van der Waals surface area contributed by atoms with Gasteiger partial charge in [-0.15, -0.1) is 0 Å². The first-order valence-electron chi connectivity index (χ1n) is 5.15. The van der Waals surface area contributed by atoms with E-state index in [1.807, 2.05) is 6.07 Å². The number of nitrogens with two attached hydrogens (primary N) is 1. The van der Waals surface area contributed by atoms with Crippen molar-refractivity contribution in [1.29, 1.82) is 0 Å². The van der Waals surface area contributed by atoms with Gasteiger partial charge in [-0.05, 0) is 24.6 Å². The molecule has 0 bridgehead atoms. The van der Waals surface area contributed by atoms with Gasteiger partial charge in [0.1, 0.15) is 11.6 Å². The fourth-order valence-electron chi connectivity index (χ4n) is 1.36. The molecule has 0 amide bonds. The number of hydrogen-bond donors (Lipinski definition) is 1. The molecular weight excluding hydrogens is 238 g/mol. The molecule has 17 heavy (non-hydrogen) atoms. The normalized spacial score (nSPS) is 10.3. The molecule has 0 unspecified atom stereocenters. The van der Waals surface area contributed by atoms with E-state index in [4.69, 9.17) is 22.1 Å². The number of ether oxygens (including phenoxy) is 1. The second-order valence-electron chi connectivity index (χ2n) is 3.51. The van der Waals surface area contributed by atoms with Gasteiger partial charge in [0, 0.05) is 18.8 Å². The average Bonchev–Trinajstić information content (AvgIpc) is 2.32. The number of halogens is 1. The maximum Gasteiger partial charge on any atom is 0.222 e. The minimum absolute atomic E-state index is 0.451. The second-order valence-corrected chi connectivity index (χ2v) is 3.92. The van der Waals surface area contributed by atoms with Crippen LogP contribution in [0.4, 0.5) is 0 Å². The van der Waals surface area contributed by atoms with Crippen LogP contribution < -0.4 is 10.5 Å². The Kier molecular flexibility index (Phi) is 3.56. The Balaban J connectivity index is 2.24. The fraction of sp³-hybridized carbons (Fsp3) is 0.167. The van der Waals surface area contributed by atoms with Gasteiger partial charge in [-0.2, -0.15) is 4.98 Å². The zero-order valence-electron chi connectivity index (χ0n) is 9.35. The summed E-state index contributed by atoms with van der Waals surface area (Å²) in [5.41, 5.74) is 6.48. The van der Waals surface area contributed by atoms with Crippen molar-refractivity contribution in [1.82, 2.24) is 9.97 Å². The first-order valence-corrected chi connectivity index (χ1v) is 5.53. The largest absolute Gasteiger partial charge is 0.437 e. The molecule has 2 N–H and O–H groups in total. The van der Waals surface area contributed by atoms with Gasteiger partial charge in [0.25, 0.3) is 0 Å².